The molecule has 0 amide bonds. The molecule has 1 atom stereocenters. The molecular weight excluding hydrogens is 269 g/mol. The summed E-state index contributed by atoms with van der Waals surface area (Å²) in [7, 11) is -3.91. The molecule has 100 valence electrons. The molecule has 1 aliphatic carbocycles. The average molecular weight is 287 g/mol. The molecule has 3 N–H and O–H groups in total. The molecule has 0 spiro atoms. The van der Waals surface area contributed by atoms with Gasteiger partial charge in [0.1, 0.15) is 0 Å². The fourth-order valence-electron chi connectivity index (χ4n) is 2.39. The van der Waals surface area contributed by atoms with Crippen LogP contribution in [0, 0.1) is 11.8 Å². The predicted molar refractivity (Wildman–Crippen MR) is 59.5 cm³/mol. The van der Waals surface area contributed by atoms with Gasteiger partial charge in [-0.1, -0.05) is 12.8 Å². The number of rotatable bonds is 5. The van der Waals surface area contributed by atoms with E-state index in [1.807, 2.05) is 0 Å². The van der Waals surface area contributed by atoms with Crippen LogP contribution in [0.25, 0.3) is 0 Å². The number of carboxylic acids is 1. The van der Waals surface area contributed by atoms with Crippen LogP contribution < -0.4 is 40.4 Å². The van der Waals surface area contributed by atoms with Crippen LogP contribution in [0.3, 0.4) is 0 Å². The van der Waals surface area contributed by atoms with Crippen molar-refractivity contribution in [1.29, 1.82) is 0 Å². The Balaban J connectivity index is 0.00000289. The molecule has 8 heteroatoms. The molecule has 1 fully saturated rings. The monoisotopic (exact) mass is 287 g/mol. The van der Waals surface area contributed by atoms with E-state index in [0.717, 1.165) is 12.8 Å². The molecule has 0 radical (unpaired) electrons. The molecule has 1 aliphatic rings. The van der Waals surface area contributed by atoms with Crippen LogP contribution in [0.1, 0.15) is 32.1 Å². The summed E-state index contributed by atoms with van der Waals surface area (Å²) in [5.74, 6) is -1.27. The smallest absolute Gasteiger partial charge is 0.548 e. The zero-order chi connectivity index (χ0) is 13.1. The molecule has 1 rings (SSSR count). The van der Waals surface area contributed by atoms with Crippen molar-refractivity contribution in [3.8, 4) is 0 Å². The van der Waals surface area contributed by atoms with Gasteiger partial charge < -0.3 is 15.6 Å². The van der Waals surface area contributed by atoms with E-state index in [4.69, 9.17) is 10.3 Å². The summed E-state index contributed by atoms with van der Waals surface area (Å²) in [5, 5.41) is 10.5. The van der Waals surface area contributed by atoms with E-state index in [1.54, 1.807) is 0 Å². The third-order valence-corrected chi connectivity index (χ3v) is 4.20. The topological polar surface area (TPSA) is 121 Å². The molecule has 0 unspecified atom stereocenters. The molecule has 18 heavy (non-hydrogen) atoms. The van der Waals surface area contributed by atoms with E-state index in [1.165, 1.54) is 0 Å². The molecular formula is C10H18NNaO5S. The Kier molecular flexibility index (Phi) is 7.96. The Labute approximate surface area is 129 Å². The van der Waals surface area contributed by atoms with Gasteiger partial charge in [0.15, 0.2) is 0 Å². The maximum atomic E-state index is 10.7. The summed E-state index contributed by atoms with van der Waals surface area (Å²) in [5.41, 5.74) is 5.39. The van der Waals surface area contributed by atoms with Gasteiger partial charge in [-0.05, 0) is 31.1 Å². The third kappa shape index (κ3) is 7.06. The van der Waals surface area contributed by atoms with Crippen molar-refractivity contribution in [3.05, 3.63) is 0 Å². The predicted octanol–water partition coefficient (Wildman–Crippen LogP) is -3.85. The zero-order valence-corrected chi connectivity index (χ0v) is 13.4. The quantitative estimate of drug-likeness (QED) is 0.394. The molecule has 0 bridgehead atoms. The first-order valence-electron chi connectivity index (χ1n) is 5.69. The van der Waals surface area contributed by atoms with Crippen LogP contribution in [0.5, 0.6) is 0 Å². The van der Waals surface area contributed by atoms with Gasteiger partial charge in [0.25, 0.3) is 10.1 Å². The Hall–Kier alpha value is 0.340. The van der Waals surface area contributed by atoms with Crippen LogP contribution in [-0.2, 0) is 14.9 Å². The van der Waals surface area contributed by atoms with Crippen molar-refractivity contribution in [3.63, 3.8) is 0 Å². The van der Waals surface area contributed by atoms with E-state index >= 15 is 0 Å². The van der Waals surface area contributed by atoms with Crippen molar-refractivity contribution in [1.82, 2.24) is 0 Å². The van der Waals surface area contributed by atoms with Crippen molar-refractivity contribution in [2.75, 3.05) is 5.75 Å². The largest absolute Gasteiger partial charge is 1.00 e. The molecule has 1 saturated carbocycles. The van der Waals surface area contributed by atoms with E-state index in [9.17, 15) is 18.3 Å². The minimum Gasteiger partial charge on any atom is -0.548 e. The molecule has 0 saturated heterocycles. The summed E-state index contributed by atoms with van der Waals surface area (Å²) < 4.78 is 30.1. The Morgan fingerprint density at radius 1 is 1.28 bits per heavy atom. The fourth-order valence-corrected chi connectivity index (χ4v) is 3.32. The number of hydrogen-bond acceptors (Lipinski definition) is 5. The standard InChI is InChI=1S/C10H19NO5S.Na/c11-9(10(12)13)5-7-1-3-8(4-2-7)6-17(14,15)16;/h7-9H,1-6,11H2,(H,12,13)(H,14,15,16);/q;+1/p-1/t7?,8?,9-;/m1./s1. The summed E-state index contributed by atoms with van der Waals surface area (Å²) in [6.07, 6.45) is 3.25. The van der Waals surface area contributed by atoms with E-state index < -0.39 is 22.1 Å². The van der Waals surface area contributed by atoms with Gasteiger partial charge in [0.2, 0.25) is 0 Å². The fraction of sp³-hybridized carbons (Fsp3) is 0.900. The molecule has 0 aromatic rings. The molecule has 0 aliphatic heterocycles. The van der Waals surface area contributed by atoms with E-state index in [-0.39, 0.29) is 47.1 Å². The first kappa shape index (κ1) is 18.3. The average Bonchev–Trinajstić information content (AvgIpc) is 2.18. The SMILES string of the molecule is N[C@H](CC1CCC(CS(=O)(=O)O)CC1)C(=O)[O-].[Na+]. The van der Waals surface area contributed by atoms with Crippen LogP contribution >= 0.6 is 0 Å². The van der Waals surface area contributed by atoms with Crippen LogP contribution in [0.4, 0.5) is 0 Å². The summed E-state index contributed by atoms with van der Waals surface area (Å²) in [6.45, 7) is 0. The van der Waals surface area contributed by atoms with Gasteiger partial charge in [-0.2, -0.15) is 8.42 Å². The van der Waals surface area contributed by atoms with Gasteiger partial charge in [-0.3, -0.25) is 4.55 Å². The molecule has 0 heterocycles. The van der Waals surface area contributed by atoms with Crippen molar-refractivity contribution in [2.45, 2.75) is 38.1 Å². The molecule has 6 nitrogen and oxygen atoms in total. The number of carboxylic acid groups (broad SMARTS) is 1. The van der Waals surface area contributed by atoms with Crippen molar-refractivity contribution < 1.29 is 52.4 Å². The normalized spacial score (nSPS) is 26.1. The Morgan fingerprint density at radius 3 is 2.11 bits per heavy atom. The Bertz CT molecular complexity index is 364. The summed E-state index contributed by atoms with van der Waals surface area (Å²) >= 11 is 0. The van der Waals surface area contributed by atoms with Gasteiger partial charge in [-0.15, -0.1) is 0 Å². The van der Waals surface area contributed by atoms with Crippen LogP contribution in [-0.4, -0.2) is 30.7 Å². The minimum atomic E-state index is -3.91. The number of carbonyl (C=O) groups excluding carboxylic acids is 1. The third-order valence-electron chi connectivity index (χ3n) is 3.30. The van der Waals surface area contributed by atoms with Gasteiger partial charge in [0.05, 0.1) is 11.7 Å². The second kappa shape index (κ2) is 7.81. The van der Waals surface area contributed by atoms with Gasteiger partial charge in [0, 0.05) is 6.04 Å². The van der Waals surface area contributed by atoms with E-state index in [2.05, 4.69) is 0 Å². The van der Waals surface area contributed by atoms with Crippen molar-refractivity contribution >= 4 is 16.1 Å². The van der Waals surface area contributed by atoms with Crippen LogP contribution in [0.2, 0.25) is 0 Å². The van der Waals surface area contributed by atoms with Crippen molar-refractivity contribution in [2.24, 2.45) is 17.6 Å². The Morgan fingerprint density at radius 2 is 1.72 bits per heavy atom. The first-order valence-corrected chi connectivity index (χ1v) is 7.30. The number of hydrogen-bond donors (Lipinski definition) is 2. The maximum Gasteiger partial charge on any atom is 1.00 e. The van der Waals surface area contributed by atoms with Crippen LogP contribution in [0.15, 0.2) is 0 Å². The molecule has 0 aromatic heterocycles. The second-order valence-electron chi connectivity index (χ2n) is 4.80. The van der Waals surface area contributed by atoms with Gasteiger partial charge in [-0.25, -0.2) is 0 Å². The maximum absolute atomic E-state index is 10.7. The second-order valence-corrected chi connectivity index (χ2v) is 6.29. The summed E-state index contributed by atoms with van der Waals surface area (Å²) in [6, 6.07) is -0.946. The van der Waals surface area contributed by atoms with E-state index in [0.29, 0.717) is 19.3 Å². The zero-order valence-electron chi connectivity index (χ0n) is 10.5. The first-order chi connectivity index (χ1) is 7.78. The number of carbonyl (C=O) groups is 1. The van der Waals surface area contributed by atoms with Gasteiger partial charge >= 0.3 is 29.6 Å². The number of aliphatic carboxylic acids is 1. The summed E-state index contributed by atoms with van der Waals surface area (Å²) in [4.78, 5) is 10.5. The molecule has 0 aromatic carbocycles. The minimum absolute atomic E-state index is 0. The number of nitrogens with two attached hydrogens (primary N) is 1.